The van der Waals surface area contributed by atoms with E-state index >= 15 is 0 Å². The molecule has 22 heavy (non-hydrogen) atoms. The fraction of sp³-hybridized carbons (Fsp3) is 0.632. The number of hydrogen-bond acceptors (Lipinski definition) is 3. The Morgan fingerprint density at radius 3 is 2.36 bits per heavy atom. The molecule has 0 spiro atoms. The Labute approximate surface area is 135 Å². The molecule has 3 unspecified atom stereocenters. The largest absolute Gasteiger partial charge is 0.462 e. The Bertz CT molecular complexity index is 430. The smallest absolute Gasteiger partial charge is 0.302 e. The Morgan fingerprint density at radius 2 is 1.86 bits per heavy atom. The zero-order valence-corrected chi connectivity index (χ0v) is 14.7. The monoisotopic (exact) mass is 305 g/mol. The van der Waals surface area contributed by atoms with Gasteiger partial charge in [0, 0.05) is 25.3 Å². The first-order chi connectivity index (χ1) is 10.5. The summed E-state index contributed by atoms with van der Waals surface area (Å²) in [5.41, 5.74) is 1.27. The van der Waals surface area contributed by atoms with Crippen molar-refractivity contribution in [2.75, 3.05) is 20.6 Å². The zero-order chi connectivity index (χ0) is 16.5. The van der Waals surface area contributed by atoms with E-state index in [4.69, 9.17) is 4.74 Å². The van der Waals surface area contributed by atoms with Crippen molar-refractivity contribution in [3.63, 3.8) is 0 Å². The number of unbranched alkanes of at least 4 members (excludes halogenated alkanes) is 1. The molecule has 0 radical (unpaired) electrons. The summed E-state index contributed by atoms with van der Waals surface area (Å²) in [5.74, 6) is 0.369. The summed E-state index contributed by atoms with van der Waals surface area (Å²) in [6.07, 6.45) is 3.27. The van der Waals surface area contributed by atoms with Crippen molar-refractivity contribution >= 4 is 5.97 Å². The lowest BCUT2D eigenvalue weighted by molar-refractivity contribution is -0.150. The molecular weight excluding hydrogens is 274 g/mol. The van der Waals surface area contributed by atoms with Crippen molar-refractivity contribution in [3.8, 4) is 0 Å². The van der Waals surface area contributed by atoms with E-state index in [0.717, 1.165) is 25.8 Å². The van der Waals surface area contributed by atoms with Crippen LogP contribution >= 0.6 is 0 Å². The van der Waals surface area contributed by atoms with E-state index in [-0.39, 0.29) is 18.0 Å². The van der Waals surface area contributed by atoms with Crippen LogP contribution in [-0.2, 0) is 9.53 Å². The molecule has 1 aromatic carbocycles. The first-order valence-corrected chi connectivity index (χ1v) is 8.32. The molecule has 0 fully saturated rings. The molecule has 0 amide bonds. The molecule has 0 heterocycles. The average molecular weight is 305 g/mol. The summed E-state index contributed by atoms with van der Waals surface area (Å²) in [5, 5.41) is 0. The number of esters is 1. The zero-order valence-electron chi connectivity index (χ0n) is 14.7. The minimum Gasteiger partial charge on any atom is -0.462 e. The number of carbonyl (C=O) groups excluding carboxylic acids is 1. The molecule has 124 valence electrons. The first-order valence-electron chi connectivity index (χ1n) is 8.32. The van der Waals surface area contributed by atoms with Gasteiger partial charge in [0.05, 0.1) is 0 Å². The minimum absolute atomic E-state index is 0.0751. The van der Waals surface area contributed by atoms with E-state index < -0.39 is 0 Å². The summed E-state index contributed by atoms with van der Waals surface area (Å²) in [4.78, 5) is 13.8. The van der Waals surface area contributed by atoms with Gasteiger partial charge in [0.15, 0.2) is 0 Å². The predicted octanol–water partition coefficient (Wildman–Crippen LogP) is 4.09. The number of nitrogens with zero attached hydrogens (tertiary/aromatic N) is 1. The Hall–Kier alpha value is -1.35. The van der Waals surface area contributed by atoms with Crippen molar-refractivity contribution in [1.29, 1.82) is 0 Å². The third-order valence-corrected chi connectivity index (χ3v) is 4.01. The van der Waals surface area contributed by atoms with Crippen LogP contribution in [0.4, 0.5) is 0 Å². The maximum atomic E-state index is 11.6. The normalized spacial score (nSPS) is 15.4. The van der Waals surface area contributed by atoms with Crippen LogP contribution in [0.5, 0.6) is 0 Å². The van der Waals surface area contributed by atoms with Crippen LogP contribution in [0.3, 0.4) is 0 Å². The summed E-state index contributed by atoms with van der Waals surface area (Å²) in [6, 6.07) is 10.5. The first kappa shape index (κ1) is 18.7. The second kappa shape index (κ2) is 9.62. The van der Waals surface area contributed by atoms with Gasteiger partial charge in [-0.2, -0.15) is 0 Å². The number of rotatable bonds is 9. The van der Waals surface area contributed by atoms with Gasteiger partial charge in [-0.1, -0.05) is 57.0 Å². The molecule has 0 aromatic heterocycles. The quantitative estimate of drug-likeness (QED) is 0.644. The van der Waals surface area contributed by atoms with Gasteiger partial charge >= 0.3 is 5.97 Å². The fourth-order valence-corrected chi connectivity index (χ4v) is 3.11. The molecule has 0 saturated heterocycles. The predicted molar refractivity (Wildman–Crippen MR) is 92.0 cm³/mol. The van der Waals surface area contributed by atoms with Gasteiger partial charge in [0.2, 0.25) is 0 Å². The average Bonchev–Trinajstić information content (AvgIpc) is 2.46. The van der Waals surface area contributed by atoms with Crippen LogP contribution < -0.4 is 0 Å². The van der Waals surface area contributed by atoms with Crippen LogP contribution in [-0.4, -0.2) is 37.6 Å². The van der Waals surface area contributed by atoms with E-state index in [9.17, 15) is 4.79 Å². The Morgan fingerprint density at radius 1 is 1.23 bits per heavy atom. The highest BCUT2D eigenvalue weighted by Crippen LogP contribution is 2.32. The molecule has 0 aliphatic carbocycles. The maximum absolute atomic E-state index is 11.6. The van der Waals surface area contributed by atoms with Crippen LogP contribution in [0.25, 0.3) is 0 Å². The van der Waals surface area contributed by atoms with Gasteiger partial charge in [-0.3, -0.25) is 4.79 Å². The summed E-state index contributed by atoms with van der Waals surface area (Å²) in [7, 11) is 4.12. The maximum Gasteiger partial charge on any atom is 0.302 e. The van der Waals surface area contributed by atoms with Crippen molar-refractivity contribution in [3.05, 3.63) is 35.9 Å². The minimum atomic E-state index is -0.187. The third-order valence-electron chi connectivity index (χ3n) is 4.01. The number of carbonyl (C=O) groups is 1. The van der Waals surface area contributed by atoms with Crippen molar-refractivity contribution < 1.29 is 9.53 Å². The molecule has 0 aliphatic rings. The van der Waals surface area contributed by atoms with Crippen molar-refractivity contribution in [1.82, 2.24) is 4.90 Å². The molecule has 0 bridgehead atoms. The molecule has 1 rings (SSSR count). The lowest BCUT2D eigenvalue weighted by Crippen LogP contribution is -2.36. The highest BCUT2D eigenvalue weighted by atomic mass is 16.5. The van der Waals surface area contributed by atoms with E-state index in [1.165, 1.54) is 12.5 Å². The lowest BCUT2D eigenvalue weighted by atomic mass is 9.82. The summed E-state index contributed by atoms with van der Waals surface area (Å²) >= 11 is 0. The molecule has 0 aliphatic heterocycles. The molecule has 0 saturated carbocycles. The standard InChI is InChI=1S/C19H31NO2/c1-6-7-13-18(17-11-9-8-10-12-17)19(22-16(3)21)15(2)14-20(4)5/h8-12,15,18-19H,6-7,13-14H2,1-5H3. The van der Waals surface area contributed by atoms with Gasteiger partial charge < -0.3 is 9.64 Å². The summed E-state index contributed by atoms with van der Waals surface area (Å²) in [6.45, 7) is 6.80. The van der Waals surface area contributed by atoms with Gasteiger partial charge in [-0.05, 0) is 26.1 Å². The van der Waals surface area contributed by atoms with E-state index in [2.05, 4.69) is 57.1 Å². The van der Waals surface area contributed by atoms with Crippen LogP contribution in [0, 0.1) is 5.92 Å². The van der Waals surface area contributed by atoms with Crippen LogP contribution in [0.1, 0.15) is 51.5 Å². The Kier molecular flexibility index (Phi) is 8.18. The lowest BCUT2D eigenvalue weighted by Gasteiger charge is -2.33. The highest BCUT2D eigenvalue weighted by molar-refractivity contribution is 5.66. The second-order valence-electron chi connectivity index (χ2n) is 6.47. The van der Waals surface area contributed by atoms with Gasteiger partial charge in [-0.15, -0.1) is 0 Å². The Balaban J connectivity index is 3.03. The van der Waals surface area contributed by atoms with Gasteiger partial charge in [-0.25, -0.2) is 0 Å². The van der Waals surface area contributed by atoms with E-state index in [1.54, 1.807) is 0 Å². The second-order valence-corrected chi connectivity index (χ2v) is 6.47. The van der Waals surface area contributed by atoms with E-state index in [1.807, 2.05) is 6.07 Å². The molecule has 0 N–H and O–H groups in total. The molecule has 3 heteroatoms. The van der Waals surface area contributed by atoms with Gasteiger partial charge in [0.25, 0.3) is 0 Å². The molecule has 1 aromatic rings. The number of hydrogen-bond donors (Lipinski definition) is 0. The van der Waals surface area contributed by atoms with Crippen LogP contribution in [0.2, 0.25) is 0 Å². The molecule has 3 atom stereocenters. The fourth-order valence-electron chi connectivity index (χ4n) is 3.11. The van der Waals surface area contributed by atoms with Crippen molar-refractivity contribution in [2.24, 2.45) is 5.92 Å². The number of benzene rings is 1. The van der Waals surface area contributed by atoms with Crippen LogP contribution in [0.15, 0.2) is 30.3 Å². The number of ether oxygens (including phenoxy) is 1. The highest BCUT2D eigenvalue weighted by Gasteiger charge is 2.30. The van der Waals surface area contributed by atoms with Gasteiger partial charge in [0.1, 0.15) is 6.10 Å². The molecular formula is C19H31NO2. The SMILES string of the molecule is CCCCC(c1ccccc1)C(OC(C)=O)C(C)CN(C)C. The summed E-state index contributed by atoms with van der Waals surface area (Å²) < 4.78 is 5.76. The topological polar surface area (TPSA) is 29.5 Å². The third kappa shape index (κ3) is 6.18. The van der Waals surface area contributed by atoms with E-state index in [0.29, 0.717) is 5.92 Å². The molecule has 3 nitrogen and oxygen atoms in total. The van der Waals surface area contributed by atoms with Crippen molar-refractivity contribution in [2.45, 2.75) is 52.1 Å².